The van der Waals surface area contributed by atoms with Crippen LogP contribution < -0.4 is 5.32 Å². The number of nitrogens with one attached hydrogen (secondary N) is 1. The van der Waals surface area contributed by atoms with Crippen LogP contribution in [0.3, 0.4) is 0 Å². The van der Waals surface area contributed by atoms with Crippen molar-refractivity contribution < 1.29 is 5.11 Å². The number of hydrogen-bond donors (Lipinski definition) is 2. The van der Waals surface area contributed by atoms with Gasteiger partial charge < -0.3 is 10.4 Å². The summed E-state index contributed by atoms with van der Waals surface area (Å²) in [5, 5.41) is 12.9. The zero-order chi connectivity index (χ0) is 9.60. The molecule has 2 aliphatic rings. The Hall–Kier alpha value is -1.18. The first-order valence-electron chi connectivity index (χ1n) is 5.38. The normalized spacial score (nSPS) is 22.3. The van der Waals surface area contributed by atoms with Crippen LogP contribution in [0.2, 0.25) is 0 Å². The molecule has 0 unspecified atom stereocenters. The molecule has 2 N–H and O–H groups in total. The summed E-state index contributed by atoms with van der Waals surface area (Å²) in [7, 11) is 0. The summed E-state index contributed by atoms with van der Waals surface area (Å²) < 4.78 is 0. The van der Waals surface area contributed by atoms with Gasteiger partial charge in [0.05, 0.1) is 0 Å². The zero-order valence-electron chi connectivity index (χ0n) is 8.21. The number of anilines is 1. The summed E-state index contributed by atoms with van der Waals surface area (Å²) in [5.41, 5.74) is 2.98. The molecule has 3 rings (SSSR count). The van der Waals surface area contributed by atoms with Crippen molar-refractivity contribution >= 4 is 5.69 Å². The number of rotatable bonds is 0. The first-order chi connectivity index (χ1) is 6.80. The summed E-state index contributed by atoms with van der Waals surface area (Å²) in [6.45, 7) is 1.08. The average Bonchev–Trinajstić information content (AvgIpc) is 2.14. The van der Waals surface area contributed by atoms with Gasteiger partial charge >= 0.3 is 0 Å². The second-order valence-electron chi connectivity index (χ2n) is 4.54. The van der Waals surface area contributed by atoms with E-state index in [-0.39, 0.29) is 0 Å². The number of aromatic hydroxyl groups is 1. The van der Waals surface area contributed by atoms with Gasteiger partial charge in [-0.1, -0.05) is 6.42 Å². The van der Waals surface area contributed by atoms with Crippen molar-refractivity contribution in [1.82, 2.24) is 0 Å². The predicted molar refractivity (Wildman–Crippen MR) is 56.7 cm³/mol. The molecule has 1 fully saturated rings. The lowest BCUT2D eigenvalue weighted by Gasteiger charge is -2.46. The maximum absolute atomic E-state index is 9.51. The van der Waals surface area contributed by atoms with Crippen LogP contribution in [0.15, 0.2) is 18.2 Å². The Kier molecular flexibility index (Phi) is 1.55. The number of phenolic OH excluding ortho intramolecular Hbond substituents is 1. The molecular formula is C12H15NO. The molecule has 0 aromatic heterocycles. The molecular weight excluding hydrogens is 174 g/mol. The fraction of sp³-hybridized carbons (Fsp3) is 0.500. The highest BCUT2D eigenvalue weighted by Gasteiger charge is 2.41. The number of phenols is 1. The minimum Gasteiger partial charge on any atom is -0.508 e. The van der Waals surface area contributed by atoms with Crippen LogP contribution in [-0.4, -0.2) is 11.7 Å². The molecule has 1 aliphatic carbocycles. The van der Waals surface area contributed by atoms with Gasteiger partial charge in [0.2, 0.25) is 0 Å². The minimum absolute atomic E-state index is 0.402. The Morgan fingerprint density at radius 3 is 2.79 bits per heavy atom. The van der Waals surface area contributed by atoms with E-state index in [9.17, 15) is 5.11 Å². The number of fused-ring (bicyclic) bond motifs is 2. The third-order valence-corrected chi connectivity index (χ3v) is 3.80. The Balaban J connectivity index is 2.12. The Labute approximate surface area is 84.0 Å². The van der Waals surface area contributed by atoms with E-state index in [1.54, 1.807) is 6.07 Å². The molecule has 1 aliphatic heterocycles. The van der Waals surface area contributed by atoms with E-state index in [0.717, 1.165) is 6.54 Å². The van der Waals surface area contributed by atoms with Gasteiger partial charge in [0.1, 0.15) is 5.75 Å². The van der Waals surface area contributed by atoms with Gasteiger partial charge in [-0.05, 0) is 48.4 Å². The van der Waals surface area contributed by atoms with Crippen molar-refractivity contribution in [3.8, 4) is 5.75 Å². The predicted octanol–water partition coefficient (Wildman–Crippen LogP) is 2.63. The molecule has 2 heteroatoms. The molecule has 1 aromatic rings. The van der Waals surface area contributed by atoms with E-state index in [1.807, 2.05) is 12.1 Å². The fourth-order valence-corrected chi connectivity index (χ4v) is 2.82. The molecule has 1 spiro atoms. The van der Waals surface area contributed by atoms with Gasteiger partial charge in [0.15, 0.2) is 0 Å². The molecule has 1 aromatic carbocycles. The summed E-state index contributed by atoms with van der Waals surface area (Å²) in [5.74, 6) is 0.402. The summed E-state index contributed by atoms with van der Waals surface area (Å²) in [6.07, 6.45) is 5.16. The maximum Gasteiger partial charge on any atom is 0.116 e. The molecule has 1 saturated carbocycles. The smallest absolute Gasteiger partial charge is 0.116 e. The van der Waals surface area contributed by atoms with Crippen LogP contribution in [-0.2, 0) is 5.41 Å². The zero-order valence-corrected chi connectivity index (χ0v) is 8.21. The van der Waals surface area contributed by atoms with Crippen molar-refractivity contribution in [1.29, 1.82) is 0 Å². The average molecular weight is 189 g/mol. The Bertz CT molecular complexity index is 369. The largest absolute Gasteiger partial charge is 0.508 e. The minimum atomic E-state index is 0.402. The summed E-state index contributed by atoms with van der Waals surface area (Å²) in [4.78, 5) is 0. The summed E-state index contributed by atoms with van der Waals surface area (Å²) in [6, 6.07) is 5.72. The van der Waals surface area contributed by atoms with E-state index in [2.05, 4.69) is 5.32 Å². The molecule has 0 amide bonds. The SMILES string of the molecule is Oc1ccc2c(c1)C1(CCC1)CCN2. The van der Waals surface area contributed by atoms with E-state index < -0.39 is 0 Å². The Morgan fingerprint density at radius 1 is 1.21 bits per heavy atom. The van der Waals surface area contributed by atoms with Crippen molar-refractivity contribution in [3.63, 3.8) is 0 Å². The van der Waals surface area contributed by atoms with Crippen LogP contribution in [0.1, 0.15) is 31.2 Å². The van der Waals surface area contributed by atoms with E-state index in [1.165, 1.54) is 36.9 Å². The molecule has 1 heterocycles. The quantitative estimate of drug-likeness (QED) is 0.615. The lowest BCUT2D eigenvalue weighted by atomic mass is 9.61. The van der Waals surface area contributed by atoms with Crippen molar-refractivity contribution in [2.24, 2.45) is 0 Å². The van der Waals surface area contributed by atoms with E-state index in [4.69, 9.17) is 0 Å². The van der Waals surface area contributed by atoms with Gasteiger partial charge in [-0.25, -0.2) is 0 Å². The van der Waals surface area contributed by atoms with Crippen molar-refractivity contribution in [2.75, 3.05) is 11.9 Å². The molecule has 14 heavy (non-hydrogen) atoms. The third kappa shape index (κ3) is 0.969. The van der Waals surface area contributed by atoms with Crippen molar-refractivity contribution in [2.45, 2.75) is 31.1 Å². The van der Waals surface area contributed by atoms with Crippen LogP contribution >= 0.6 is 0 Å². The van der Waals surface area contributed by atoms with Gasteiger partial charge in [0.25, 0.3) is 0 Å². The van der Waals surface area contributed by atoms with Gasteiger partial charge in [0, 0.05) is 12.2 Å². The maximum atomic E-state index is 9.51. The lowest BCUT2D eigenvalue weighted by molar-refractivity contribution is 0.226. The van der Waals surface area contributed by atoms with Crippen LogP contribution in [0.4, 0.5) is 5.69 Å². The molecule has 0 atom stereocenters. The van der Waals surface area contributed by atoms with E-state index >= 15 is 0 Å². The number of hydrogen-bond acceptors (Lipinski definition) is 2. The van der Waals surface area contributed by atoms with Gasteiger partial charge in [-0.2, -0.15) is 0 Å². The van der Waals surface area contributed by atoms with Gasteiger partial charge in [-0.3, -0.25) is 0 Å². The third-order valence-electron chi connectivity index (χ3n) is 3.80. The number of benzene rings is 1. The monoisotopic (exact) mass is 189 g/mol. The summed E-state index contributed by atoms with van der Waals surface area (Å²) >= 11 is 0. The molecule has 74 valence electrons. The first kappa shape index (κ1) is 8.16. The highest BCUT2D eigenvalue weighted by Crippen LogP contribution is 2.51. The Morgan fingerprint density at radius 2 is 2.07 bits per heavy atom. The van der Waals surface area contributed by atoms with Gasteiger partial charge in [-0.15, -0.1) is 0 Å². The lowest BCUT2D eigenvalue weighted by Crippen LogP contribution is -2.39. The molecule has 2 nitrogen and oxygen atoms in total. The second-order valence-corrected chi connectivity index (χ2v) is 4.54. The first-order valence-corrected chi connectivity index (χ1v) is 5.38. The van der Waals surface area contributed by atoms with Crippen LogP contribution in [0, 0.1) is 0 Å². The topological polar surface area (TPSA) is 32.3 Å². The van der Waals surface area contributed by atoms with E-state index in [0.29, 0.717) is 11.2 Å². The van der Waals surface area contributed by atoms with Crippen LogP contribution in [0.25, 0.3) is 0 Å². The molecule has 0 bridgehead atoms. The molecule has 0 radical (unpaired) electrons. The fourth-order valence-electron chi connectivity index (χ4n) is 2.82. The van der Waals surface area contributed by atoms with Crippen LogP contribution in [0.5, 0.6) is 5.75 Å². The van der Waals surface area contributed by atoms with Crippen molar-refractivity contribution in [3.05, 3.63) is 23.8 Å². The molecule has 0 saturated heterocycles. The second kappa shape index (κ2) is 2.66. The highest BCUT2D eigenvalue weighted by molar-refractivity contribution is 5.60. The standard InChI is InChI=1S/C12H15NO/c14-9-2-3-11-10(8-9)12(4-1-5-12)6-7-13-11/h2-3,8,13-14H,1,4-7H2. The highest BCUT2D eigenvalue weighted by atomic mass is 16.3.